The van der Waals surface area contributed by atoms with Crippen LogP contribution in [0.2, 0.25) is 5.22 Å². The maximum atomic E-state index is 11.9. The van der Waals surface area contributed by atoms with Crippen molar-refractivity contribution < 1.29 is 19.2 Å². The monoisotopic (exact) mass is 288 g/mol. The van der Waals surface area contributed by atoms with E-state index in [0.29, 0.717) is 12.1 Å². The van der Waals surface area contributed by atoms with Gasteiger partial charge in [-0.15, -0.1) is 0 Å². The van der Waals surface area contributed by atoms with Gasteiger partial charge in [-0.3, -0.25) is 9.59 Å². The van der Waals surface area contributed by atoms with Crippen molar-refractivity contribution in [3.05, 3.63) is 16.5 Å². The summed E-state index contributed by atoms with van der Waals surface area (Å²) < 4.78 is 4.80. The van der Waals surface area contributed by atoms with E-state index in [1.54, 1.807) is 20.9 Å². The third kappa shape index (κ3) is 4.24. The fourth-order valence-corrected chi connectivity index (χ4v) is 1.92. The van der Waals surface area contributed by atoms with Crippen LogP contribution in [0.25, 0.3) is 0 Å². The molecule has 7 heteroatoms. The van der Waals surface area contributed by atoms with Crippen molar-refractivity contribution in [2.24, 2.45) is 5.92 Å². The van der Waals surface area contributed by atoms with Gasteiger partial charge in [-0.25, -0.2) is 0 Å². The smallest absolute Gasteiger partial charge is 0.308 e. The number of rotatable bonds is 6. The molecule has 0 aliphatic heterocycles. The number of nitrogens with zero attached hydrogens (tertiary/aromatic N) is 2. The lowest BCUT2D eigenvalue weighted by atomic mass is 10.1. The van der Waals surface area contributed by atoms with Crippen molar-refractivity contribution in [3.8, 4) is 0 Å². The van der Waals surface area contributed by atoms with E-state index in [1.807, 2.05) is 0 Å². The SMILES string of the molecule is Cc1noc(Cl)c1CCC(=O)N(C)CC(C)C(=O)O. The molecule has 0 aromatic carbocycles. The molecule has 1 aromatic rings. The highest BCUT2D eigenvalue weighted by Crippen LogP contribution is 2.20. The Morgan fingerprint density at radius 3 is 2.63 bits per heavy atom. The lowest BCUT2D eigenvalue weighted by Crippen LogP contribution is -2.33. The second-order valence-corrected chi connectivity index (χ2v) is 4.88. The second-order valence-electron chi connectivity index (χ2n) is 4.53. The number of carboxylic acids is 1. The highest BCUT2D eigenvalue weighted by molar-refractivity contribution is 6.29. The van der Waals surface area contributed by atoms with Gasteiger partial charge in [0.15, 0.2) is 0 Å². The van der Waals surface area contributed by atoms with Gasteiger partial charge in [-0.1, -0.05) is 12.1 Å². The molecule has 0 radical (unpaired) electrons. The van der Waals surface area contributed by atoms with Crippen LogP contribution >= 0.6 is 11.6 Å². The van der Waals surface area contributed by atoms with Crippen LogP contribution in [-0.2, 0) is 16.0 Å². The van der Waals surface area contributed by atoms with Crippen LogP contribution < -0.4 is 0 Å². The molecule has 1 unspecified atom stereocenters. The fourth-order valence-electron chi connectivity index (χ4n) is 1.65. The summed E-state index contributed by atoms with van der Waals surface area (Å²) >= 11 is 5.80. The first-order valence-corrected chi connectivity index (χ1v) is 6.28. The van der Waals surface area contributed by atoms with Gasteiger partial charge in [0.1, 0.15) is 0 Å². The van der Waals surface area contributed by atoms with Gasteiger partial charge in [0, 0.05) is 25.6 Å². The zero-order valence-electron chi connectivity index (χ0n) is 11.1. The van der Waals surface area contributed by atoms with E-state index in [-0.39, 0.29) is 24.1 Å². The van der Waals surface area contributed by atoms with E-state index < -0.39 is 11.9 Å². The zero-order valence-corrected chi connectivity index (χ0v) is 11.9. The summed E-state index contributed by atoms with van der Waals surface area (Å²) in [6.07, 6.45) is 0.670. The van der Waals surface area contributed by atoms with E-state index in [0.717, 1.165) is 5.56 Å². The lowest BCUT2D eigenvalue weighted by Gasteiger charge is -2.19. The van der Waals surface area contributed by atoms with Gasteiger partial charge in [-0.2, -0.15) is 0 Å². The van der Waals surface area contributed by atoms with Crippen LogP contribution in [0.1, 0.15) is 24.6 Å². The maximum Gasteiger partial charge on any atom is 0.308 e. The molecule has 19 heavy (non-hydrogen) atoms. The highest BCUT2D eigenvalue weighted by Gasteiger charge is 2.18. The van der Waals surface area contributed by atoms with Gasteiger partial charge < -0.3 is 14.5 Å². The molecule has 0 aliphatic carbocycles. The molecule has 1 heterocycles. The molecular formula is C12H17ClN2O4. The number of hydrogen-bond donors (Lipinski definition) is 1. The van der Waals surface area contributed by atoms with Crippen molar-refractivity contribution >= 4 is 23.5 Å². The Bertz CT molecular complexity index is 453. The van der Waals surface area contributed by atoms with E-state index in [2.05, 4.69) is 5.16 Å². The number of carbonyl (C=O) groups is 2. The topological polar surface area (TPSA) is 83.6 Å². The Balaban J connectivity index is 2.49. The van der Waals surface area contributed by atoms with Crippen molar-refractivity contribution in [2.75, 3.05) is 13.6 Å². The van der Waals surface area contributed by atoms with Crippen LogP contribution in [0.3, 0.4) is 0 Å². The van der Waals surface area contributed by atoms with Gasteiger partial charge in [0.2, 0.25) is 11.1 Å². The molecule has 1 aromatic heterocycles. The summed E-state index contributed by atoms with van der Waals surface area (Å²) in [6, 6.07) is 0. The second kappa shape index (κ2) is 6.56. The van der Waals surface area contributed by atoms with E-state index >= 15 is 0 Å². The predicted molar refractivity (Wildman–Crippen MR) is 69.0 cm³/mol. The molecule has 0 saturated carbocycles. The molecule has 0 spiro atoms. The van der Waals surface area contributed by atoms with E-state index in [9.17, 15) is 9.59 Å². The largest absolute Gasteiger partial charge is 0.481 e. The fraction of sp³-hybridized carbons (Fsp3) is 0.583. The minimum absolute atomic E-state index is 0.134. The van der Waals surface area contributed by atoms with E-state index in [4.69, 9.17) is 21.2 Å². The Hall–Kier alpha value is -1.56. The van der Waals surface area contributed by atoms with Crippen LogP contribution in [0, 0.1) is 12.8 Å². The number of carboxylic acid groups (broad SMARTS) is 1. The molecule has 1 rings (SSSR count). The number of aromatic nitrogens is 1. The molecule has 0 fully saturated rings. The van der Waals surface area contributed by atoms with Crippen molar-refractivity contribution in [3.63, 3.8) is 0 Å². The summed E-state index contributed by atoms with van der Waals surface area (Å²) in [5.41, 5.74) is 1.38. The van der Waals surface area contributed by atoms with Crippen LogP contribution in [0.15, 0.2) is 4.52 Å². The minimum atomic E-state index is -0.919. The first kappa shape index (κ1) is 15.5. The molecule has 0 saturated heterocycles. The summed E-state index contributed by atoms with van der Waals surface area (Å²) in [6.45, 7) is 3.50. The Labute approximate surface area is 116 Å². The predicted octanol–water partition coefficient (Wildman–Crippen LogP) is 1.75. The number of halogens is 1. The first-order valence-electron chi connectivity index (χ1n) is 5.90. The number of hydrogen-bond acceptors (Lipinski definition) is 4. The average Bonchev–Trinajstić information content (AvgIpc) is 2.65. The van der Waals surface area contributed by atoms with Crippen LogP contribution in [0.4, 0.5) is 0 Å². The number of aryl methyl sites for hydroxylation is 1. The van der Waals surface area contributed by atoms with E-state index in [1.165, 1.54) is 4.90 Å². The number of carbonyl (C=O) groups excluding carboxylic acids is 1. The minimum Gasteiger partial charge on any atom is -0.481 e. The molecule has 6 nitrogen and oxygen atoms in total. The molecule has 1 N–H and O–H groups in total. The third-order valence-corrected chi connectivity index (χ3v) is 3.22. The third-order valence-electron chi connectivity index (χ3n) is 2.92. The first-order chi connectivity index (χ1) is 8.82. The molecular weight excluding hydrogens is 272 g/mol. The van der Waals surface area contributed by atoms with Gasteiger partial charge in [0.05, 0.1) is 11.6 Å². The van der Waals surface area contributed by atoms with Crippen molar-refractivity contribution in [1.29, 1.82) is 0 Å². The molecule has 0 bridgehead atoms. The van der Waals surface area contributed by atoms with Crippen molar-refractivity contribution in [1.82, 2.24) is 10.1 Å². The van der Waals surface area contributed by atoms with Gasteiger partial charge >= 0.3 is 5.97 Å². The summed E-state index contributed by atoms with van der Waals surface area (Å²) in [5.74, 6) is -1.64. The van der Waals surface area contributed by atoms with Crippen LogP contribution in [-0.4, -0.2) is 40.6 Å². The molecule has 1 atom stereocenters. The average molecular weight is 289 g/mol. The quantitative estimate of drug-likeness (QED) is 0.862. The lowest BCUT2D eigenvalue weighted by molar-refractivity contribution is -0.142. The van der Waals surface area contributed by atoms with Gasteiger partial charge in [-0.05, 0) is 24.9 Å². The molecule has 0 aliphatic rings. The van der Waals surface area contributed by atoms with Crippen molar-refractivity contribution in [2.45, 2.75) is 26.7 Å². The normalized spacial score (nSPS) is 12.2. The summed E-state index contributed by atoms with van der Waals surface area (Å²) in [4.78, 5) is 24.0. The number of amides is 1. The highest BCUT2D eigenvalue weighted by atomic mass is 35.5. The maximum absolute atomic E-state index is 11.9. The zero-order chi connectivity index (χ0) is 14.6. The Morgan fingerprint density at radius 2 is 2.16 bits per heavy atom. The number of aliphatic carboxylic acids is 1. The van der Waals surface area contributed by atoms with Crippen LogP contribution in [0.5, 0.6) is 0 Å². The summed E-state index contributed by atoms with van der Waals surface area (Å²) in [7, 11) is 1.59. The standard InChI is InChI=1S/C12H17ClN2O4/c1-7(12(17)18)6-15(3)10(16)5-4-9-8(2)14-19-11(9)13/h7H,4-6H2,1-3H3,(H,17,18). The molecule has 1 amide bonds. The Kier molecular flexibility index (Phi) is 5.35. The Morgan fingerprint density at radius 1 is 1.53 bits per heavy atom. The van der Waals surface area contributed by atoms with Gasteiger partial charge in [0.25, 0.3) is 0 Å². The molecule has 106 valence electrons. The summed E-state index contributed by atoms with van der Waals surface area (Å²) in [5, 5.41) is 12.7.